The molecule has 0 fully saturated rings. The standard InChI is InChI=1S/C18H12N2O5/c19-10-14(8-11-4-6-12(7-5-11)17(22)23)16(21)20-15-3-1-2-13(9-15)18(24)25/h1-9H,(H,20,21)(H,22,23)(H,24,25)/b14-8-. The third-order valence-corrected chi connectivity index (χ3v) is 3.20. The number of hydrogen-bond acceptors (Lipinski definition) is 4. The van der Waals surface area contributed by atoms with E-state index in [4.69, 9.17) is 15.5 Å². The van der Waals surface area contributed by atoms with Crippen molar-refractivity contribution >= 4 is 29.6 Å². The first-order valence-electron chi connectivity index (χ1n) is 7.00. The smallest absolute Gasteiger partial charge is 0.335 e. The second-order valence-corrected chi connectivity index (χ2v) is 4.94. The first kappa shape index (κ1) is 17.4. The lowest BCUT2D eigenvalue weighted by Gasteiger charge is -2.05. The van der Waals surface area contributed by atoms with Crippen LogP contribution in [0.1, 0.15) is 26.3 Å². The number of benzene rings is 2. The maximum atomic E-state index is 12.2. The van der Waals surface area contributed by atoms with Gasteiger partial charge in [0.05, 0.1) is 11.1 Å². The van der Waals surface area contributed by atoms with Gasteiger partial charge >= 0.3 is 11.9 Å². The van der Waals surface area contributed by atoms with Crippen molar-refractivity contribution in [2.45, 2.75) is 0 Å². The summed E-state index contributed by atoms with van der Waals surface area (Å²) in [5.74, 6) is -2.91. The number of carbonyl (C=O) groups is 3. The van der Waals surface area contributed by atoms with Gasteiger partial charge in [0.2, 0.25) is 0 Å². The molecule has 25 heavy (non-hydrogen) atoms. The number of nitrogens with one attached hydrogen (secondary N) is 1. The Morgan fingerprint density at radius 1 is 0.960 bits per heavy atom. The summed E-state index contributed by atoms with van der Waals surface area (Å²) in [4.78, 5) is 33.9. The van der Waals surface area contributed by atoms with Gasteiger partial charge in [0, 0.05) is 5.69 Å². The second-order valence-electron chi connectivity index (χ2n) is 4.94. The maximum Gasteiger partial charge on any atom is 0.335 e. The number of aromatic carboxylic acids is 2. The Bertz CT molecular complexity index is 908. The number of amides is 1. The van der Waals surface area contributed by atoms with Gasteiger partial charge < -0.3 is 15.5 Å². The van der Waals surface area contributed by atoms with E-state index in [9.17, 15) is 14.4 Å². The summed E-state index contributed by atoms with van der Waals surface area (Å²) in [6, 6.07) is 13.0. The molecule has 2 rings (SSSR count). The normalized spacial score (nSPS) is 10.6. The van der Waals surface area contributed by atoms with E-state index in [2.05, 4.69) is 5.32 Å². The van der Waals surface area contributed by atoms with Gasteiger partial charge in [-0.1, -0.05) is 18.2 Å². The van der Waals surface area contributed by atoms with Crippen LogP contribution < -0.4 is 5.32 Å². The Morgan fingerprint density at radius 2 is 1.60 bits per heavy atom. The Balaban J connectivity index is 2.21. The largest absolute Gasteiger partial charge is 0.478 e. The highest BCUT2D eigenvalue weighted by Crippen LogP contribution is 2.14. The lowest BCUT2D eigenvalue weighted by atomic mass is 10.1. The van der Waals surface area contributed by atoms with Gasteiger partial charge in [-0.15, -0.1) is 0 Å². The molecule has 0 spiro atoms. The van der Waals surface area contributed by atoms with Crippen LogP contribution in [0.25, 0.3) is 6.08 Å². The predicted molar refractivity (Wildman–Crippen MR) is 89.0 cm³/mol. The van der Waals surface area contributed by atoms with E-state index in [1.807, 2.05) is 0 Å². The van der Waals surface area contributed by atoms with Crippen LogP contribution in [0.4, 0.5) is 5.69 Å². The van der Waals surface area contributed by atoms with E-state index < -0.39 is 17.8 Å². The van der Waals surface area contributed by atoms with Crippen LogP contribution in [-0.2, 0) is 4.79 Å². The minimum atomic E-state index is -1.13. The van der Waals surface area contributed by atoms with Crippen LogP contribution in [0.3, 0.4) is 0 Å². The molecule has 0 aliphatic heterocycles. The van der Waals surface area contributed by atoms with Crippen molar-refractivity contribution in [3.8, 4) is 6.07 Å². The minimum absolute atomic E-state index is 0.00421. The zero-order chi connectivity index (χ0) is 18.4. The zero-order valence-electron chi connectivity index (χ0n) is 12.8. The van der Waals surface area contributed by atoms with Crippen LogP contribution in [0, 0.1) is 11.3 Å². The summed E-state index contributed by atoms with van der Waals surface area (Å²) in [6.45, 7) is 0. The number of nitriles is 1. The molecule has 0 aliphatic carbocycles. The van der Waals surface area contributed by atoms with Crippen LogP contribution in [0.2, 0.25) is 0 Å². The van der Waals surface area contributed by atoms with Crippen molar-refractivity contribution in [1.82, 2.24) is 0 Å². The average Bonchev–Trinajstić information content (AvgIpc) is 2.60. The quantitative estimate of drug-likeness (QED) is 0.569. The van der Waals surface area contributed by atoms with Gasteiger partial charge in [0.25, 0.3) is 5.91 Å². The molecule has 2 aromatic carbocycles. The molecular formula is C18H12N2O5. The third kappa shape index (κ3) is 4.53. The SMILES string of the molecule is N#C/C(=C/c1ccc(C(=O)O)cc1)C(=O)Nc1cccc(C(=O)O)c1. The summed E-state index contributed by atoms with van der Waals surface area (Å²) >= 11 is 0. The highest BCUT2D eigenvalue weighted by Gasteiger charge is 2.11. The van der Waals surface area contributed by atoms with E-state index >= 15 is 0 Å². The van der Waals surface area contributed by atoms with E-state index in [0.717, 1.165) is 0 Å². The number of carboxylic acids is 2. The molecule has 1 amide bonds. The second kappa shape index (κ2) is 7.57. The summed E-state index contributed by atoms with van der Waals surface area (Å²) in [5, 5.41) is 29.4. The Kier molecular flexibility index (Phi) is 5.28. The summed E-state index contributed by atoms with van der Waals surface area (Å²) in [7, 11) is 0. The van der Waals surface area contributed by atoms with E-state index in [1.165, 1.54) is 54.6 Å². The van der Waals surface area contributed by atoms with Gasteiger partial charge in [0.1, 0.15) is 11.6 Å². The molecule has 7 nitrogen and oxygen atoms in total. The van der Waals surface area contributed by atoms with Crippen molar-refractivity contribution in [3.05, 3.63) is 70.8 Å². The molecular weight excluding hydrogens is 324 g/mol. The number of anilines is 1. The van der Waals surface area contributed by atoms with Crippen molar-refractivity contribution in [1.29, 1.82) is 5.26 Å². The molecule has 0 unspecified atom stereocenters. The van der Waals surface area contributed by atoms with Crippen LogP contribution in [-0.4, -0.2) is 28.1 Å². The van der Waals surface area contributed by atoms with Crippen molar-refractivity contribution in [3.63, 3.8) is 0 Å². The summed E-state index contributed by atoms with van der Waals surface area (Å²) < 4.78 is 0. The molecule has 0 aromatic heterocycles. The van der Waals surface area contributed by atoms with Crippen molar-refractivity contribution < 1.29 is 24.6 Å². The fraction of sp³-hybridized carbons (Fsp3) is 0. The highest BCUT2D eigenvalue weighted by atomic mass is 16.4. The number of rotatable bonds is 5. The monoisotopic (exact) mass is 336 g/mol. The number of hydrogen-bond donors (Lipinski definition) is 3. The van der Waals surface area contributed by atoms with Crippen molar-refractivity contribution in [2.75, 3.05) is 5.32 Å². The molecule has 124 valence electrons. The van der Waals surface area contributed by atoms with Gasteiger partial charge in [-0.2, -0.15) is 5.26 Å². The molecule has 0 saturated heterocycles. The van der Waals surface area contributed by atoms with Crippen LogP contribution in [0.5, 0.6) is 0 Å². The zero-order valence-corrected chi connectivity index (χ0v) is 12.8. The Hall–Kier alpha value is -3.92. The number of carboxylic acid groups (broad SMARTS) is 2. The molecule has 2 aromatic rings. The number of nitrogens with zero attached hydrogens (tertiary/aromatic N) is 1. The van der Waals surface area contributed by atoms with E-state index in [-0.39, 0.29) is 22.4 Å². The molecule has 7 heteroatoms. The summed E-state index contributed by atoms with van der Waals surface area (Å²) in [5.41, 5.74) is 0.613. The van der Waals surface area contributed by atoms with Gasteiger partial charge in [0.15, 0.2) is 0 Å². The molecule has 0 atom stereocenters. The van der Waals surface area contributed by atoms with E-state index in [0.29, 0.717) is 5.56 Å². The van der Waals surface area contributed by atoms with Crippen molar-refractivity contribution in [2.24, 2.45) is 0 Å². The molecule has 0 saturated carbocycles. The molecule has 0 radical (unpaired) electrons. The lowest BCUT2D eigenvalue weighted by molar-refractivity contribution is -0.112. The lowest BCUT2D eigenvalue weighted by Crippen LogP contribution is -2.14. The molecule has 0 bridgehead atoms. The van der Waals surface area contributed by atoms with E-state index in [1.54, 1.807) is 6.07 Å². The molecule has 0 aliphatic rings. The molecule has 0 heterocycles. The van der Waals surface area contributed by atoms with Gasteiger partial charge in [-0.3, -0.25) is 4.79 Å². The predicted octanol–water partition coefficient (Wildman–Crippen LogP) is 2.63. The number of carbonyl (C=O) groups excluding carboxylic acids is 1. The first-order chi connectivity index (χ1) is 11.9. The minimum Gasteiger partial charge on any atom is -0.478 e. The van der Waals surface area contributed by atoms with Crippen LogP contribution >= 0.6 is 0 Å². The van der Waals surface area contributed by atoms with Gasteiger partial charge in [-0.25, -0.2) is 9.59 Å². The summed E-state index contributed by atoms with van der Waals surface area (Å²) in [6.07, 6.45) is 1.31. The van der Waals surface area contributed by atoms with Crippen LogP contribution in [0.15, 0.2) is 54.1 Å². The maximum absolute atomic E-state index is 12.2. The fourth-order valence-corrected chi connectivity index (χ4v) is 1.97. The highest BCUT2D eigenvalue weighted by molar-refractivity contribution is 6.10. The third-order valence-electron chi connectivity index (χ3n) is 3.20. The average molecular weight is 336 g/mol. The Labute approximate surface area is 142 Å². The molecule has 3 N–H and O–H groups in total. The fourth-order valence-electron chi connectivity index (χ4n) is 1.97. The first-order valence-corrected chi connectivity index (χ1v) is 7.00. The Morgan fingerprint density at radius 3 is 2.16 bits per heavy atom. The topological polar surface area (TPSA) is 127 Å². The van der Waals surface area contributed by atoms with Gasteiger partial charge in [-0.05, 0) is 42.0 Å².